The quantitative estimate of drug-likeness (QED) is 0.344. The number of ether oxygens (including phenoxy) is 1. The Morgan fingerprint density at radius 2 is 1.94 bits per heavy atom. The van der Waals surface area contributed by atoms with Crippen molar-refractivity contribution in [3.05, 3.63) is 89.7 Å². The average Bonchev–Trinajstić information content (AvgIpc) is 3.61. The van der Waals surface area contributed by atoms with Gasteiger partial charge < -0.3 is 20.4 Å². The molecule has 1 aliphatic carbocycles. The predicted octanol–water partition coefficient (Wildman–Crippen LogP) is 4.96. The van der Waals surface area contributed by atoms with Crippen LogP contribution in [0.25, 0.3) is 10.9 Å². The Kier molecular flexibility index (Phi) is 5.98. The summed E-state index contributed by atoms with van der Waals surface area (Å²) in [5, 5.41) is 7.60. The lowest BCUT2D eigenvalue weighted by Gasteiger charge is -2.19. The number of pyridine rings is 1. The summed E-state index contributed by atoms with van der Waals surface area (Å²) < 4.78 is 5.32. The predicted molar refractivity (Wildman–Crippen MR) is 131 cm³/mol. The van der Waals surface area contributed by atoms with Crippen LogP contribution in [0.5, 0.6) is 5.75 Å². The molecule has 33 heavy (non-hydrogen) atoms. The van der Waals surface area contributed by atoms with Gasteiger partial charge in [-0.15, -0.1) is 0 Å². The highest BCUT2D eigenvalue weighted by Gasteiger charge is 2.21. The molecule has 6 nitrogen and oxygen atoms in total. The van der Waals surface area contributed by atoms with Gasteiger partial charge in [-0.1, -0.05) is 30.3 Å². The maximum atomic E-state index is 12.9. The van der Waals surface area contributed by atoms with Crippen molar-refractivity contribution in [3.63, 3.8) is 0 Å². The summed E-state index contributed by atoms with van der Waals surface area (Å²) in [6.45, 7) is 1.42. The number of methoxy groups -OCH3 is 1. The van der Waals surface area contributed by atoms with Crippen LogP contribution in [0.15, 0.2) is 73.1 Å². The van der Waals surface area contributed by atoms with Gasteiger partial charge in [-0.05, 0) is 60.2 Å². The number of amides is 1. The topological polar surface area (TPSA) is 79.0 Å². The van der Waals surface area contributed by atoms with Crippen molar-refractivity contribution in [1.82, 2.24) is 15.3 Å². The van der Waals surface area contributed by atoms with E-state index in [1.807, 2.05) is 42.6 Å². The Hall–Kier alpha value is -3.80. The first-order valence-corrected chi connectivity index (χ1v) is 11.4. The third-order valence-electron chi connectivity index (χ3n) is 6.28. The molecule has 2 aromatic carbocycles. The lowest BCUT2D eigenvalue weighted by Crippen LogP contribution is -2.29. The van der Waals surface area contributed by atoms with Gasteiger partial charge in [-0.3, -0.25) is 4.79 Å². The largest absolute Gasteiger partial charge is 0.497 e. The number of rotatable bonds is 9. The van der Waals surface area contributed by atoms with Crippen molar-refractivity contribution >= 4 is 22.6 Å². The fraction of sp³-hybridized carbons (Fsp3) is 0.259. The summed E-state index contributed by atoms with van der Waals surface area (Å²) in [6.07, 6.45) is 6.25. The van der Waals surface area contributed by atoms with E-state index in [9.17, 15) is 4.79 Å². The number of nitrogens with one attached hydrogen (secondary N) is 3. The van der Waals surface area contributed by atoms with Gasteiger partial charge in [-0.2, -0.15) is 0 Å². The van der Waals surface area contributed by atoms with Crippen molar-refractivity contribution in [2.45, 2.75) is 18.8 Å². The molecule has 1 atom stereocenters. The zero-order valence-electron chi connectivity index (χ0n) is 18.7. The minimum atomic E-state index is -0.130. The molecule has 3 N–H and O–H groups in total. The first kappa shape index (κ1) is 21.1. The maximum absolute atomic E-state index is 12.9. The second-order valence-corrected chi connectivity index (χ2v) is 8.58. The van der Waals surface area contributed by atoms with E-state index in [4.69, 9.17) is 4.74 Å². The fourth-order valence-electron chi connectivity index (χ4n) is 4.13. The van der Waals surface area contributed by atoms with E-state index in [-0.39, 0.29) is 11.8 Å². The van der Waals surface area contributed by atoms with Crippen LogP contribution in [-0.4, -0.2) is 36.1 Å². The van der Waals surface area contributed by atoms with Gasteiger partial charge in [0.15, 0.2) is 0 Å². The molecule has 2 heterocycles. The van der Waals surface area contributed by atoms with E-state index in [2.05, 4.69) is 44.9 Å². The minimum Gasteiger partial charge on any atom is -0.497 e. The van der Waals surface area contributed by atoms with Gasteiger partial charge >= 0.3 is 0 Å². The monoisotopic (exact) mass is 440 g/mol. The number of H-pyrrole nitrogens is 1. The van der Waals surface area contributed by atoms with Crippen LogP contribution < -0.4 is 15.4 Å². The molecule has 0 radical (unpaired) electrons. The van der Waals surface area contributed by atoms with E-state index in [1.54, 1.807) is 13.3 Å². The average molecular weight is 441 g/mol. The lowest BCUT2D eigenvalue weighted by molar-refractivity contribution is 0.0952. The first-order chi connectivity index (χ1) is 16.2. The molecule has 0 spiro atoms. The summed E-state index contributed by atoms with van der Waals surface area (Å²) in [5.74, 6) is 2.25. The fourth-order valence-corrected chi connectivity index (χ4v) is 4.13. The number of aromatic amines is 1. The molecule has 0 aliphatic heterocycles. The summed E-state index contributed by atoms with van der Waals surface area (Å²) in [6, 6.07) is 19.9. The molecule has 168 valence electrons. The van der Waals surface area contributed by atoms with Crippen LogP contribution in [0.3, 0.4) is 0 Å². The zero-order chi connectivity index (χ0) is 22.6. The van der Waals surface area contributed by atoms with E-state index < -0.39 is 0 Å². The molecule has 6 heteroatoms. The van der Waals surface area contributed by atoms with Crippen LogP contribution in [-0.2, 0) is 0 Å². The standard InChI is InChI=1S/C27H28N4O2/c1-33-21-11-8-19(9-12-21)23(24-17-28-25-5-3-2-4-22(24)25)16-31-27(32)20-10-13-26(30-15-20)29-14-18-6-7-18/h2-5,8-13,15,17-18,23,28H,6-7,14,16H2,1H3,(H,29,30)(H,31,32). The Balaban J connectivity index is 1.33. The number of carbonyl (C=O) groups excluding carboxylic acids is 1. The number of para-hydroxylation sites is 1. The van der Waals surface area contributed by atoms with E-state index in [1.165, 1.54) is 12.8 Å². The SMILES string of the molecule is COc1ccc(C(CNC(=O)c2ccc(NCC3CC3)nc2)c2c[nH]c3ccccc23)cc1. The number of anilines is 1. The van der Waals surface area contributed by atoms with Crippen LogP contribution in [0.2, 0.25) is 0 Å². The zero-order valence-corrected chi connectivity index (χ0v) is 18.7. The molecule has 1 unspecified atom stereocenters. The molecule has 0 saturated heterocycles. The lowest BCUT2D eigenvalue weighted by atomic mass is 9.90. The normalized spacial score (nSPS) is 14.1. The first-order valence-electron chi connectivity index (χ1n) is 11.4. The summed E-state index contributed by atoms with van der Waals surface area (Å²) in [7, 11) is 1.66. The van der Waals surface area contributed by atoms with Crippen LogP contribution in [0, 0.1) is 5.92 Å². The maximum Gasteiger partial charge on any atom is 0.252 e. The van der Waals surface area contributed by atoms with E-state index >= 15 is 0 Å². The molecule has 2 aromatic heterocycles. The number of nitrogens with zero attached hydrogens (tertiary/aromatic N) is 1. The minimum absolute atomic E-state index is 0.0107. The molecule has 4 aromatic rings. The second kappa shape index (κ2) is 9.36. The number of benzene rings is 2. The number of aromatic nitrogens is 2. The second-order valence-electron chi connectivity index (χ2n) is 8.58. The van der Waals surface area contributed by atoms with Crippen molar-refractivity contribution < 1.29 is 9.53 Å². The third kappa shape index (κ3) is 4.85. The van der Waals surface area contributed by atoms with Crippen molar-refractivity contribution in [2.75, 3.05) is 25.5 Å². The van der Waals surface area contributed by atoms with Crippen LogP contribution >= 0.6 is 0 Å². The molecule has 1 fully saturated rings. The molecule has 1 amide bonds. The summed E-state index contributed by atoms with van der Waals surface area (Å²) in [4.78, 5) is 20.7. The van der Waals surface area contributed by atoms with Gasteiger partial charge in [0.25, 0.3) is 5.91 Å². The van der Waals surface area contributed by atoms with Gasteiger partial charge in [-0.25, -0.2) is 4.98 Å². The Morgan fingerprint density at radius 3 is 2.67 bits per heavy atom. The third-order valence-corrected chi connectivity index (χ3v) is 6.28. The number of hydrogen-bond donors (Lipinski definition) is 3. The molecule has 1 aliphatic rings. The summed E-state index contributed by atoms with van der Waals surface area (Å²) >= 11 is 0. The van der Waals surface area contributed by atoms with Gasteiger partial charge in [0.2, 0.25) is 0 Å². The molecular formula is C27H28N4O2. The Bertz CT molecular complexity index is 1230. The number of carbonyl (C=O) groups is 1. The van der Waals surface area contributed by atoms with Crippen molar-refractivity contribution in [2.24, 2.45) is 5.92 Å². The number of fused-ring (bicyclic) bond motifs is 1. The molecule has 0 bridgehead atoms. The van der Waals surface area contributed by atoms with Crippen molar-refractivity contribution in [1.29, 1.82) is 0 Å². The highest BCUT2D eigenvalue weighted by atomic mass is 16.5. The highest BCUT2D eigenvalue weighted by Crippen LogP contribution is 2.31. The Morgan fingerprint density at radius 1 is 1.12 bits per heavy atom. The highest BCUT2D eigenvalue weighted by molar-refractivity contribution is 5.94. The summed E-state index contributed by atoms with van der Waals surface area (Å²) in [5.41, 5.74) is 3.89. The van der Waals surface area contributed by atoms with Crippen LogP contribution in [0.4, 0.5) is 5.82 Å². The van der Waals surface area contributed by atoms with E-state index in [0.29, 0.717) is 12.1 Å². The van der Waals surface area contributed by atoms with Gasteiger partial charge in [0, 0.05) is 42.3 Å². The van der Waals surface area contributed by atoms with Crippen molar-refractivity contribution in [3.8, 4) is 5.75 Å². The van der Waals surface area contributed by atoms with Gasteiger partial charge in [0.05, 0.1) is 12.7 Å². The Labute approximate surface area is 193 Å². The molecule has 5 rings (SSSR count). The molecular weight excluding hydrogens is 412 g/mol. The van der Waals surface area contributed by atoms with E-state index in [0.717, 1.165) is 46.1 Å². The number of hydrogen-bond acceptors (Lipinski definition) is 4. The molecule has 1 saturated carbocycles. The van der Waals surface area contributed by atoms with Crippen LogP contribution in [0.1, 0.15) is 40.2 Å². The van der Waals surface area contributed by atoms with Gasteiger partial charge in [0.1, 0.15) is 11.6 Å². The smallest absolute Gasteiger partial charge is 0.252 e.